The summed E-state index contributed by atoms with van der Waals surface area (Å²) in [7, 11) is 0. The molecule has 5 nitrogen and oxygen atoms in total. The maximum Gasteiger partial charge on any atom is 0.216 e. The van der Waals surface area contributed by atoms with Gasteiger partial charge in [0.25, 0.3) is 0 Å². The van der Waals surface area contributed by atoms with E-state index in [1.165, 1.54) is 12.8 Å². The van der Waals surface area contributed by atoms with Crippen LogP contribution in [-0.2, 0) is 10.3 Å². The van der Waals surface area contributed by atoms with Crippen LogP contribution in [0.15, 0.2) is 48.8 Å². The second-order valence-electron chi connectivity index (χ2n) is 7.44. The lowest BCUT2D eigenvalue weighted by atomic mass is 9.82. The summed E-state index contributed by atoms with van der Waals surface area (Å²) < 4.78 is 0. The minimum absolute atomic E-state index is 0.0642. The first-order valence-electron chi connectivity index (χ1n) is 9.97. The number of halogens is 1. The quantitative estimate of drug-likeness (QED) is 0.637. The number of carbonyl (C=O) groups excluding carboxylic acids is 1. The minimum atomic E-state index is -0.611. The van der Waals surface area contributed by atoms with E-state index in [9.17, 15) is 4.79 Å². The Labute approximate surface area is 172 Å². The lowest BCUT2D eigenvalue weighted by Gasteiger charge is -2.37. The van der Waals surface area contributed by atoms with E-state index in [4.69, 9.17) is 11.6 Å². The normalized spacial score (nSPS) is 17.1. The second-order valence-corrected chi connectivity index (χ2v) is 7.85. The number of nitrogens with one attached hydrogen (secondary N) is 3. The lowest BCUT2D eigenvalue weighted by molar-refractivity contribution is -0.119. The molecule has 0 radical (unpaired) electrons. The largest absolute Gasteiger partial charge is 0.354 e. The van der Waals surface area contributed by atoms with E-state index in [1.807, 2.05) is 36.4 Å². The Kier molecular flexibility index (Phi) is 7.43. The molecule has 150 valence electrons. The fourth-order valence-corrected chi connectivity index (χ4v) is 4.27. The first kappa shape index (κ1) is 20.8. The van der Waals surface area contributed by atoms with E-state index < -0.39 is 5.54 Å². The van der Waals surface area contributed by atoms with Gasteiger partial charge in [0.15, 0.2) is 0 Å². The Morgan fingerprint density at radius 3 is 2.61 bits per heavy atom. The standard InChI is InChI=1S/C22H29ClN4O/c1-17(28)26-16-22(19-9-13-25-14-10-19,20-4-2-3-5-21(20)23)27-15-8-18-6-11-24-12-7-18/h2-5,9-10,13-14,18,24,27H,6-8,11-12,15-16H2,1H3,(H,26,28). The van der Waals surface area contributed by atoms with Crippen LogP contribution >= 0.6 is 11.6 Å². The summed E-state index contributed by atoms with van der Waals surface area (Å²) in [6.45, 7) is 4.99. The molecule has 6 heteroatoms. The van der Waals surface area contributed by atoms with Crippen molar-refractivity contribution in [3.05, 3.63) is 64.9 Å². The van der Waals surface area contributed by atoms with Crippen molar-refractivity contribution in [1.29, 1.82) is 0 Å². The van der Waals surface area contributed by atoms with Crippen molar-refractivity contribution in [2.45, 2.75) is 31.7 Å². The molecule has 1 atom stereocenters. The van der Waals surface area contributed by atoms with Crippen molar-refractivity contribution < 1.29 is 4.79 Å². The number of piperidine rings is 1. The molecule has 1 aliphatic rings. The first-order chi connectivity index (χ1) is 13.6. The Morgan fingerprint density at radius 2 is 1.93 bits per heavy atom. The SMILES string of the molecule is CC(=O)NCC(NCCC1CCNCC1)(c1ccncc1)c1ccccc1Cl. The summed E-state index contributed by atoms with van der Waals surface area (Å²) in [5, 5.41) is 10.9. The van der Waals surface area contributed by atoms with Gasteiger partial charge >= 0.3 is 0 Å². The molecule has 1 amide bonds. The van der Waals surface area contributed by atoms with Gasteiger partial charge in [-0.1, -0.05) is 29.8 Å². The topological polar surface area (TPSA) is 66.1 Å². The van der Waals surface area contributed by atoms with Gasteiger partial charge in [-0.15, -0.1) is 0 Å². The highest BCUT2D eigenvalue weighted by Crippen LogP contribution is 2.34. The highest BCUT2D eigenvalue weighted by atomic mass is 35.5. The van der Waals surface area contributed by atoms with Gasteiger partial charge in [0.1, 0.15) is 0 Å². The van der Waals surface area contributed by atoms with Crippen molar-refractivity contribution in [2.75, 3.05) is 26.2 Å². The van der Waals surface area contributed by atoms with Gasteiger partial charge in [0, 0.05) is 30.9 Å². The number of amides is 1. The molecule has 2 aromatic rings. The van der Waals surface area contributed by atoms with Crippen molar-refractivity contribution in [2.24, 2.45) is 5.92 Å². The van der Waals surface area contributed by atoms with Crippen LogP contribution in [-0.4, -0.2) is 37.1 Å². The molecule has 2 heterocycles. The van der Waals surface area contributed by atoms with Crippen LogP contribution in [0.1, 0.15) is 37.3 Å². The van der Waals surface area contributed by atoms with Crippen molar-refractivity contribution in [1.82, 2.24) is 20.9 Å². The van der Waals surface area contributed by atoms with E-state index in [1.54, 1.807) is 19.3 Å². The molecule has 1 fully saturated rings. The zero-order valence-electron chi connectivity index (χ0n) is 16.4. The summed E-state index contributed by atoms with van der Waals surface area (Å²) in [4.78, 5) is 15.9. The average molecular weight is 401 g/mol. The molecule has 3 rings (SSSR count). The number of rotatable bonds is 8. The summed E-state index contributed by atoms with van der Waals surface area (Å²) in [6, 6.07) is 11.8. The zero-order chi connectivity index (χ0) is 19.8. The number of pyridine rings is 1. The Morgan fingerprint density at radius 1 is 1.21 bits per heavy atom. The van der Waals surface area contributed by atoms with Crippen LogP contribution < -0.4 is 16.0 Å². The highest BCUT2D eigenvalue weighted by molar-refractivity contribution is 6.31. The molecule has 1 saturated heterocycles. The van der Waals surface area contributed by atoms with Crippen molar-refractivity contribution in [3.63, 3.8) is 0 Å². The molecule has 0 bridgehead atoms. The molecule has 28 heavy (non-hydrogen) atoms. The second kappa shape index (κ2) is 10.0. The van der Waals surface area contributed by atoms with Crippen LogP contribution in [0.4, 0.5) is 0 Å². The number of aromatic nitrogens is 1. The van der Waals surface area contributed by atoms with Gasteiger partial charge in [-0.2, -0.15) is 0 Å². The zero-order valence-corrected chi connectivity index (χ0v) is 17.1. The maximum absolute atomic E-state index is 11.8. The third-order valence-electron chi connectivity index (χ3n) is 5.55. The molecule has 0 saturated carbocycles. The average Bonchev–Trinajstić information content (AvgIpc) is 2.72. The van der Waals surface area contributed by atoms with Gasteiger partial charge in [-0.3, -0.25) is 9.78 Å². The summed E-state index contributed by atoms with van der Waals surface area (Å²) in [5.41, 5.74) is 1.39. The Hall–Kier alpha value is -1.95. The fourth-order valence-electron chi connectivity index (χ4n) is 3.97. The molecule has 1 aliphatic heterocycles. The van der Waals surface area contributed by atoms with Gasteiger partial charge in [-0.25, -0.2) is 0 Å². The van der Waals surface area contributed by atoms with Crippen LogP contribution in [0.2, 0.25) is 5.02 Å². The number of hydrogen-bond acceptors (Lipinski definition) is 4. The Bertz CT molecular complexity index is 764. The summed E-state index contributed by atoms with van der Waals surface area (Å²) in [6.07, 6.45) is 7.08. The van der Waals surface area contributed by atoms with Crippen LogP contribution in [0, 0.1) is 5.92 Å². The molecular formula is C22H29ClN4O. The molecule has 1 aromatic heterocycles. The maximum atomic E-state index is 11.8. The predicted molar refractivity (Wildman–Crippen MR) is 113 cm³/mol. The fraction of sp³-hybridized carbons (Fsp3) is 0.455. The van der Waals surface area contributed by atoms with Gasteiger partial charge < -0.3 is 16.0 Å². The van der Waals surface area contributed by atoms with Crippen molar-refractivity contribution >= 4 is 17.5 Å². The van der Waals surface area contributed by atoms with Gasteiger partial charge in [-0.05, 0) is 74.1 Å². The highest BCUT2D eigenvalue weighted by Gasteiger charge is 2.36. The molecule has 1 aromatic carbocycles. The monoisotopic (exact) mass is 400 g/mol. The molecule has 1 unspecified atom stereocenters. The van der Waals surface area contributed by atoms with Crippen LogP contribution in [0.25, 0.3) is 0 Å². The molecular weight excluding hydrogens is 372 g/mol. The minimum Gasteiger partial charge on any atom is -0.354 e. The van der Waals surface area contributed by atoms with Crippen LogP contribution in [0.3, 0.4) is 0 Å². The number of carbonyl (C=O) groups is 1. The molecule has 0 spiro atoms. The van der Waals surface area contributed by atoms with Crippen LogP contribution in [0.5, 0.6) is 0 Å². The number of nitrogens with zero attached hydrogens (tertiary/aromatic N) is 1. The van der Waals surface area contributed by atoms with Gasteiger partial charge in [0.2, 0.25) is 5.91 Å². The lowest BCUT2D eigenvalue weighted by Crippen LogP contribution is -2.52. The summed E-state index contributed by atoms with van der Waals surface area (Å²) >= 11 is 6.62. The van der Waals surface area contributed by atoms with E-state index >= 15 is 0 Å². The predicted octanol–water partition coefficient (Wildman–Crippen LogP) is 3.09. The Balaban J connectivity index is 1.92. The molecule has 0 aliphatic carbocycles. The van der Waals surface area contributed by atoms with Crippen molar-refractivity contribution in [3.8, 4) is 0 Å². The smallest absolute Gasteiger partial charge is 0.216 e. The third-order valence-corrected chi connectivity index (χ3v) is 5.88. The van der Waals surface area contributed by atoms with E-state index in [0.29, 0.717) is 11.6 Å². The van der Waals surface area contributed by atoms with Gasteiger partial charge in [0.05, 0.1) is 5.54 Å². The van der Waals surface area contributed by atoms with E-state index in [2.05, 4.69) is 20.9 Å². The number of hydrogen-bond donors (Lipinski definition) is 3. The van der Waals surface area contributed by atoms with E-state index in [0.717, 1.165) is 43.1 Å². The number of benzene rings is 1. The third kappa shape index (κ3) is 5.10. The summed E-state index contributed by atoms with van der Waals surface area (Å²) in [5.74, 6) is 0.654. The van der Waals surface area contributed by atoms with E-state index in [-0.39, 0.29) is 5.91 Å². The first-order valence-corrected chi connectivity index (χ1v) is 10.4. The molecule has 3 N–H and O–H groups in total.